The Hall–Kier alpha value is -1.96. The third-order valence-corrected chi connectivity index (χ3v) is 3.81. The second kappa shape index (κ2) is 6.00. The summed E-state index contributed by atoms with van der Waals surface area (Å²) < 4.78 is 7.09. The number of nitrogen functional groups attached to an aromatic ring is 1. The van der Waals surface area contributed by atoms with E-state index < -0.39 is 0 Å². The van der Waals surface area contributed by atoms with Gasteiger partial charge in [-0.3, -0.25) is 9.36 Å². The Balaban J connectivity index is 1.86. The number of hydrogen-bond acceptors (Lipinski definition) is 6. The van der Waals surface area contributed by atoms with E-state index in [4.69, 9.17) is 10.2 Å². The van der Waals surface area contributed by atoms with Crippen LogP contribution < -0.4 is 5.73 Å². The van der Waals surface area contributed by atoms with Crippen LogP contribution in [0.3, 0.4) is 0 Å². The van der Waals surface area contributed by atoms with E-state index in [-0.39, 0.29) is 11.7 Å². The molecule has 8 heteroatoms. The van der Waals surface area contributed by atoms with Crippen LogP contribution in [0.1, 0.15) is 11.5 Å². The van der Waals surface area contributed by atoms with Gasteiger partial charge in [-0.1, -0.05) is 11.8 Å². The molecule has 0 fully saturated rings. The number of aryl methyl sites for hydroxylation is 1. The Morgan fingerprint density at radius 1 is 1.50 bits per heavy atom. The van der Waals surface area contributed by atoms with Gasteiger partial charge in [0.2, 0.25) is 11.9 Å². The van der Waals surface area contributed by atoms with E-state index in [0.29, 0.717) is 17.6 Å². The first-order chi connectivity index (χ1) is 9.47. The minimum Gasteiger partial charge on any atom is -0.464 e. The Bertz CT molecular complexity index is 607. The summed E-state index contributed by atoms with van der Waals surface area (Å²) in [6.45, 7) is 2.33. The van der Waals surface area contributed by atoms with Gasteiger partial charge in [0.15, 0.2) is 5.16 Å². The molecule has 2 aromatic rings. The van der Waals surface area contributed by atoms with Gasteiger partial charge >= 0.3 is 0 Å². The number of hydrogen-bond donors (Lipinski definition) is 1. The van der Waals surface area contributed by atoms with Crippen LogP contribution in [0.4, 0.5) is 5.95 Å². The zero-order valence-corrected chi connectivity index (χ0v) is 12.5. The Kier molecular flexibility index (Phi) is 4.33. The topological polar surface area (TPSA) is 90.2 Å². The minimum atomic E-state index is -0.00868. The Morgan fingerprint density at radius 3 is 2.80 bits per heavy atom. The summed E-state index contributed by atoms with van der Waals surface area (Å²) in [6.07, 6.45) is 0. The number of aromatic nitrogens is 3. The van der Waals surface area contributed by atoms with Crippen molar-refractivity contribution < 1.29 is 9.21 Å². The third kappa shape index (κ3) is 3.32. The number of carbonyl (C=O) groups excluding carboxylic acids is 1. The van der Waals surface area contributed by atoms with Crippen LogP contribution in [0.5, 0.6) is 0 Å². The summed E-state index contributed by atoms with van der Waals surface area (Å²) in [6, 6.07) is 3.75. The smallest absolute Gasteiger partial charge is 0.233 e. The summed E-state index contributed by atoms with van der Waals surface area (Å²) in [5.74, 6) is 2.21. The lowest BCUT2D eigenvalue weighted by atomic mass is 10.4. The molecule has 7 nitrogen and oxygen atoms in total. The first kappa shape index (κ1) is 14.4. The normalized spacial score (nSPS) is 10.8. The van der Waals surface area contributed by atoms with Gasteiger partial charge in [-0.15, -0.1) is 10.2 Å². The highest BCUT2D eigenvalue weighted by atomic mass is 32.2. The molecule has 2 aromatic heterocycles. The van der Waals surface area contributed by atoms with Gasteiger partial charge in [0.05, 0.1) is 12.3 Å². The summed E-state index contributed by atoms with van der Waals surface area (Å²) >= 11 is 1.31. The van der Waals surface area contributed by atoms with Gasteiger partial charge in [0.1, 0.15) is 11.5 Å². The molecular weight excluding hydrogens is 278 g/mol. The quantitative estimate of drug-likeness (QED) is 0.829. The average Bonchev–Trinajstić information content (AvgIpc) is 2.95. The molecule has 0 unspecified atom stereocenters. The fourth-order valence-electron chi connectivity index (χ4n) is 1.58. The Labute approximate surface area is 121 Å². The molecule has 108 valence electrons. The molecule has 0 saturated heterocycles. The van der Waals surface area contributed by atoms with Gasteiger partial charge in [-0.05, 0) is 19.1 Å². The lowest BCUT2D eigenvalue weighted by Gasteiger charge is -2.15. The molecule has 20 heavy (non-hydrogen) atoms. The number of anilines is 1. The van der Waals surface area contributed by atoms with Gasteiger partial charge in [0, 0.05) is 14.1 Å². The van der Waals surface area contributed by atoms with Crippen LogP contribution in [0.15, 0.2) is 21.7 Å². The fraction of sp³-hybridized carbons (Fsp3) is 0.417. The fourth-order valence-corrected chi connectivity index (χ4v) is 2.44. The number of nitrogens with two attached hydrogens (primary N) is 1. The molecule has 0 saturated carbocycles. The standard InChI is InChI=1S/C12H17N5O2S/c1-8-4-5-9(19-8)6-16(2)10(18)7-20-12-15-14-11(13)17(12)3/h4-5H,6-7H2,1-3H3,(H2,13,14). The van der Waals surface area contributed by atoms with E-state index in [1.165, 1.54) is 11.8 Å². The van der Waals surface area contributed by atoms with Gasteiger partial charge in [0.25, 0.3) is 0 Å². The van der Waals surface area contributed by atoms with Crippen molar-refractivity contribution in [1.82, 2.24) is 19.7 Å². The van der Waals surface area contributed by atoms with Crippen molar-refractivity contribution in [2.75, 3.05) is 18.5 Å². The van der Waals surface area contributed by atoms with E-state index in [9.17, 15) is 4.79 Å². The van der Waals surface area contributed by atoms with E-state index in [0.717, 1.165) is 11.5 Å². The van der Waals surface area contributed by atoms with Gasteiger partial charge in [-0.2, -0.15) is 0 Å². The Morgan fingerprint density at radius 2 is 2.25 bits per heavy atom. The molecule has 0 aliphatic rings. The van der Waals surface area contributed by atoms with E-state index >= 15 is 0 Å². The second-order valence-electron chi connectivity index (χ2n) is 4.45. The van der Waals surface area contributed by atoms with Crippen molar-refractivity contribution in [3.05, 3.63) is 23.7 Å². The summed E-state index contributed by atoms with van der Waals surface area (Å²) in [4.78, 5) is 13.6. The van der Waals surface area contributed by atoms with Crippen molar-refractivity contribution in [3.63, 3.8) is 0 Å². The van der Waals surface area contributed by atoms with Crippen LogP contribution >= 0.6 is 11.8 Å². The molecule has 0 spiro atoms. The summed E-state index contributed by atoms with van der Waals surface area (Å²) in [7, 11) is 3.50. The maximum Gasteiger partial charge on any atom is 0.233 e. The number of carbonyl (C=O) groups is 1. The zero-order valence-electron chi connectivity index (χ0n) is 11.7. The molecule has 2 N–H and O–H groups in total. The van der Waals surface area contributed by atoms with Crippen LogP contribution in [0, 0.1) is 6.92 Å². The number of thioether (sulfide) groups is 1. The third-order valence-electron chi connectivity index (χ3n) is 2.81. The van der Waals surface area contributed by atoms with Crippen LogP contribution in [-0.4, -0.2) is 38.4 Å². The predicted molar refractivity (Wildman–Crippen MR) is 76.1 cm³/mol. The largest absolute Gasteiger partial charge is 0.464 e. The van der Waals surface area contributed by atoms with Gasteiger partial charge in [-0.25, -0.2) is 0 Å². The van der Waals surface area contributed by atoms with Crippen LogP contribution in [0.2, 0.25) is 0 Å². The highest BCUT2D eigenvalue weighted by molar-refractivity contribution is 7.99. The number of rotatable bonds is 5. The second-order valence-corrected chi connectivity index (χ2v) is 5.39. The van der Waals surface area contributed by atoms with Gasteiger partial charge < -0.3 is 15.1 Å². The van der Waals surface area contributed by atoms with E-state index in [1.807, 2.05) is 19.1 Å². The number of furan rings is 1. The first-order valence-corrected chi connectivity index (χ1v) is 7.03. The molecular formula is C12H17N5O2S. The molecule has 1 amide bonds. The predicted octanol–water partition coefficient (Wildman–Crippen LogP) is 1.05. The maximum absolute atomic E-state index is 12.0. The number of nitrogens with zero attached hydrogens (tertiary/aromatic N) is 4. The molecule has 0 radical (unpaired) electrons. The van der Waals surface area contributed by atoms with Crippen molar-refractivity contribution in [2.24, 2.45) is 7.05 Å². The van der Waals surface area contributed by atoms with Crippen LogP contribution in [-0.2, 0) is 18.4 Å². The highest BCUT2D eigenvalue weighted by Gasteiger charge is 2.14. The lowest BCUT2D eigenvalue weighted by Crippen LogP contribution is -2.27. The molecule has 2 rings (SSSR count). The van der Waals surface area contributed by atoms with E-state index in [1.54, 1.807) is 23.6 Å². The number of amides is 1. The lowest BCUT2D eigenvalue weighted by molar-refractivity contribution is -0.127. The molecule has 2 heterocycles. The molecule has 0 atom stereocenters. The highest BCUT2D eigenvalue weighted by Crippen LogP contribution is 2.17. The summed E-state index contributed by atoms with van der Waals surface area (Å²) in [5, 5.41) is 8.26. The first-order valence-electron chi connectivity index (χ1n) is 6.04. The molecule has 0 aromatic carbocycles. The SMILES string of the molecule is Cc1ccc(CN(C)C(=O)CSc2nnc(N)n2C)o1. The molecule has 0 aliphatic heterocycles. The average molecular weight is 295 g/mol. The van der Waals surface area contributed by atoms with Crippen molar-refractivity contribution in [3.8, 4) is 0 Å². The molecule has 0 bridgehead atoms. The monoisotopic (exact) mass is 295 g/mol. The maximum atomic E-state index is 12.0. The van der Waals surface area contributed by atoms with E-state index in [2.05, 4.69) is 10.2 Å². The zero-order chi connectivity index (χ0) is 14.7. The van der Waals surface area contributed by atoms with Crippen molar-refractivity contribution in [2.45, 2.75) is 18.6 Å². The minimum absolute atomic E-state index is 0.00868. The van der Waals surface area contributed by atoms with Crippen LogP contribution in [0.25, 0.3) is 0 Å². The molecule has 0 aliphatic carbocycles. The van der Waals surface area contributed by atoms with Crippen molar-refractivity contribution in [1.29, 1.82) is 0 Å². The van der Waals surface area contributed by atoms with Crippen molar-refractivity contribution >= 4 is 23.6 Å². The summed E-state index contributed by atoms with van der Waals surface area (Å²) in [5.41, 5.74) is 5.58.